The lowest BCUT2D eigenvalue weighted by Crippen LogP contribution is -2.18. The minimum Gasteiger partial charge on any atom is -0.497 e. The van der Waals surface area contributed by atoms with Crippen molar-refractivity contribution >= 4 is 0 Å². The van der Waals surface area contributed by atoms with Gasteiger partial charge in [0, 0.05) is 0 Å². The Morgan fingerprint density at radius 1 is 1.21 bits per heavy atom. The smallest absolute Gasteiger partial charge is 0.118 e. The molecule has 0 saturated heterocycles. The van der Waals surface area contributed by atoms with Crippen molar-refractivity contribution < 1.29 is 9.84 Å². The van der Waals surface area contributed by atoms with Crippen molar-refractivity contribution in [1.29, 1.82) is 0 Å². The summed E-state index contributed by atoms with van der Waals surface area (Å²) in [5, 5.41) is 10.9. The van der Waals surface area contributed by atoms with Crippen LogP contribution in [0.4, 0.5) is 0 Å². The van der Waals surface area contributed by atoms with E-state index in [9.17, 15) is 5.11 Å². The zero-order valence-corrected chi connectivity index (χ0v) is 9.04. The topological polar surface area (TPSA) is 29.1 Å². The first kappa shape index (κ1) is 11.1. The molecule has 1 aromatic carbocycles. The number of ether oxygens (including phenoxy) is 1. The molecule has 1 rings (SSSR count). The summed E-state index contributed by atoms with van der Waals surface area (Å²) in [5.41, 5.74) is 1.03. The Kier molecular flexibility index (Phi) is 3.53. The molecule has 0 aliphatic heterocycles. The summed E-state index contributed by atoms with van der Waals surface area (Å²) in [7, 11) is 1.65. The molecule has 0 heterocycles. The molecule has 2 heteroatoms. The largest absolute Gasteiger partial charge is 0.497 e. The maximum atomic E-state index is 10.9. The van der Waals surface area contributed by atoms with Gasteiger partial charge in [0.2, 0.25) is 0 Å². The Morgan fingerprint density at radius 2 is 1.79 bits per heavy atom. The summed E-state index contributed by atoms with van der Waals surface area (Å²) in [5.74, 6) is 0.855. The highest BCUT2D eigenvalue weighted by atomic mass is 16.5. The Morgan fingerprint density at radius 3 is 2.21 bits per heavy atom. The zero-order valence-electron chi connectivity index (χ0n) is 9.04. The molecule has 0 saturated carbocycles. The van der Waals surface area contributed by atoms with E-state index in [1.807, 2.05) is 38.1 Å². The molecule has 77 valence electrons. The van der Waals surface area contributed by atoms with Crippen molar-refractivity contribution in [2.45, 2.75) is 20.3 Å². The molecule has 0 bridgehead atoms. The molecule has 1 radical (unpaired) electrons. The van der Waals surface area contributed by atoms with Gasteiger partial charge in [-0.1, -0.05) is 26.0 Å². The van der Waals surface area contributed by atoms with Gasteiger partial charge in [-0.2, -0.15) is 0 Å². The van der Waals surface area contributed by atoms with E-state index in [0.29, 0.717) is 0 Å². The molecule has 0 fully saturated rings. The fourth-order valence-corrected chi connectivity index (χ4v) is 1.35. The predicted molar refractivity (Wildman–Crippen MR) is 56.0 cm³/mol. The number of hydrogen-bond acceptors (Lipinski definition) is 1. The van der Waals surface area contributed by atoms with E-state index in [-0.39, 0.29) is 12.0 Å². The second kappa shape index (κ2) is 4.47. The average molecular weight is 193 g/mol. The summed E-state index contributed by atoms with van der Waals surface area (Å²) >= 11 is 0. The SMILES string of the molecule is COc1ccc(CC(C)(C)C[O])cc1. The van der Waals surface area contributed by atoms with Crippen molar-refractivity contribution in [1.82, 2.24) is 0 Å². The van der Waals surface area contributed by atoms with Gasteiger partial charge in [-0.15, -0.1) is 0 Å². The third kappa shape index (κ3) is 3.04. The molecule has 0 atom stereocenters. The van der Waals surface area contributed by atoms with Crippen molar-refractivity contribution in [2.24, 2.45) is 5.41 Å². The van der Waals surface area contributed by atoms with Crippen LogP contribution in [-0.2, 0) is 11.5 Å². The van der Waals surface area contributed by atoms with Crippen molar-refractivity contribution in [3.63, 3.8) is 0 Å². The van der Waals surface area contributed by atoms with Gasteiger partial charge in [-0.05, 0) is 29.5 Å². The van der Waals surface area contributed by atoms with Crippen LogP contribution >= 0.6 is 0 Å². The molecule has 0 unspecified atom stereocenters. The minimum absolute atomic E-state index is 0.0426. The van der Waals surface area contributed by atoms with Crippen LogP contribution in [0.2, 0.25) is 0 Å². The van der Waals surface area contributed by atoms with Gasteiger partial charge in [0.05, 0.1) is 13.7 Å². The summed E-state index contributed by atoms with van der Waals surface area (Å²) in [6.07, 6.45) is 0.820. The third-order valence-electron chi connectivity index (χ3n) is 2.23. The van der Waals surface area contributed by atoms with Crippen LogP contribution in [0.25, 0.3) is 0 Å². The normalized spacial score (nSPS) is 11.4. The van der Waals surface area contributed by atoms with E-state index < -0.39 is 0 Å². The van der Waals surface area contributed by atoms with Gasteiger partial charge in [0.15, 0.2) is 0 Å². The fraction of sp³-hybridized carbons (Fsp3) is 0.500. The standard InChI is InChI=1S/C12H17O2/c1-12(2,9-13)8-10-4-6-11(14-3)7-5-10/h4-7H,8-9H2,1-3H3. The fourth-order valence-electron chi connectivity index (χ4n) is 1.35. The molecule has 0 amide bonds. The van der Waals surface area contributed by atoms with Crippen LogP contribution in [0.5, 0.6) is 5.75 Å². The van der Waals surface area contributed by atoms with E-state index in [2.05, 4.69) is 0 Å². The van der Waals surface area contributed by atoms with Crippen LogP contribution in [0, 0.1) is 5.41 Å². The molecule has 0 aromatic heterocycles. The van der Waals surface area contributed by atoms with Gasteiger partial charge in [-0.3, -0.25) is 0 Å². The van der Waals surface area contributed by atoms with Gasteiger partial charge in [0.1, 0.15) is 5.75 Å². The Hall–Kier alpha value is -1.02. The van der Waals surface area contributed by atoms with E-state index in [1.165, 1.54) is 5.56 Å². The van der Waals surface area contributed by atoms with Crippen LogP contribution in [0.1, 0.15) is 19.4 Å². The third-order valence-corrected chi connectivity index (χ3v) is 2.23. The molecule has 1 aromatic rings. The summed E-state index contributed by atoms with van der Waals surface area (Å²) < 4.78 is 5.06. The second-order valence-corrected chi connectivity index (χ2v) is 4.33. The van der Waals surface area contributed by atoms with Crippen LogP contribution in [0.3, 0.4) is 0 Å². The predicted octanol–water partition coefficient (Wildman–Crippen LogP) is 2.69. The quantitative estimate of drug-likeness (QED) is 0.722. The lowest BCUT2D eigenvalue weighted by Gasteiger charge is -2.20. The van der Waals surface area contributed by atoms with Crippen LogP contribution in [-0.4, -0.2) is 13.7 Å². The summed E-state index contributed by atoms with van der Waals surface area (Å²) in [6, 6.07) is 7.87. The molecular weight excluding hydrogens is 176 g/mol. The number of methoxy groups -OCH3 is 1. The van der Waals surface area contributed by atoms with Gasteiger partial charge in [-0.25, -0.2) is 5.11 Å². The lowest BCUT2D eigenvalue weighted by molar-refractivity contribution is 0.0933. The molecule has 14 heavy (non-hydrogen) atoms. The van der Waals surface area contributed by atoms with E-state index >= 15 is 0 Å². The van der Waals surface area contributed by atoms with Gasteiger partial charge >= 0.3 is 0 Å². The first-order valence-electron chi connectivity index (χ1n) is 4.78. The second-order valence-electron chi connectivity index (χ2n) is 4.33. The Balaban J connectivity index is 2.69. The van der Waals surface area contributed by atoms with Gasteiger partial charge < -0.3 is 4.74 Å². The highest BCUT2D eigenvalue weighted by Gasteiger charge is 2.17. The summed E-state index contributed by atoms with van der Waals surface area (Å²) in [4.78, 5) is 0. The molecule has 2 nitrogen and oxygen atoms in total. The molecular formula is C12H17O2. The maximum absolute atomic E-state index is 10.9. The highest BCUT2D eigenvalue weighted by molar-refractivity contribution is 5.27. The van der Waals surface area contributed by atoms with Crippen LogP contribution < -0.4 is 4.74 Å². The maximum Gasteiger partial charge on any atom is 0.118 e. The zero-order chi connectivity index (χ0) is 10.6. The van der Waals surface area contributed by atoms with Crippen LogP contribution in [0.15, 0.2) is 24.3 Å². The number of benzene rings is 1. The van der Waals surface area contributed by atoms with E-state index in [4.69, 9.17) is 4.74 Å². The van der Waals surface area contributed by atoms with Crippen molar-refractivity contribution in [3.05, 3.63) is 29.8 Å². The number of hydrogen-bond donors (Lipinski definition) is 0. The van der Waals surface area contributed by atoms with Gasteiger partial charge in [0.25, 0.3) is 0 Å². The number of rotatable bonds is 4. The van der Waals surface area contributed by atoms with E-state index in [0.717, 1.165) is 12.2 Å². The highest BCUT2D eigenvalue weighted by Crippen LogP contribution is 2.22. The summed E-state index contributed by atoms with van der Waals surface area (Å²) in [6.45, 7) is 3.94. The Labute approximate surface area is 85.5 Å². The first-order valence-corrected chi connectivity index (χ1v) is 4.78. The van der Waals surface area contributed by atoms with Crippen molar-refractivity contribution in [3.8, 4) is 5.75 Å². The molecule has 0 N–H and O–H groups in total. The molecule has 0 aliphatic carbocycles. The monoisotopic (exact) mass is 193 g/mol. The Bertz CT molecular complexity index is 275. The first-order chi connectivity index (χ1) is 6.57. The molecule has 0 aliphatic rings. The van der Waals surface area contributed by atoms with E-state index in [1.54, 1.807) is 7.11 Å². The van der Waals surface area contributed by atoms with Crippen molar-refractivity contribution in [2.75, 3.05) is 13.7 Å². The average Bonchev–Trinajstić information content (AvgIpc) is 2.19. The minimum atomic E-state index is -0.158. The lowest BCUT2D eigenvalue weighted by atomic mass is 9.87. The molecule has 0 spiro atoms.